The van der Waals surface area contributed by atoms with Crippen LogP contribution in [0.1, 0.15) is 76.7 Å². The number of halogens is 1. The molecule has 2 heterocycles. The van der Waals surface area contributed by atoms with Crippen LogP contribution in [0, 0.1) is 5.92 Å². The fraction of sp³-hybridized carbons (Fsp3) is 0.654. The molecule has 1 saturated carbocycles. The molecule has 2 aliphatic heterocycles. The molecule has 3 unspecified atom stereocenters. The SMILES string of the molecule is CC(C)OC(=O)NC(=O)C1CCSC1NC(=O)C1CCN(C2CCCCCC2)c2cc(Cl)ccc21. The zero-order valence-electron chi connectivity index (χ0n) is 20.6. The number of nitrogens with zero attached hydrogens (tertiary/aromatic N) is 1. The number of thioether (sulfide) groups is 1. The van der Waals surface area contributed by atoms with E-state index in [0.717, 1.165) is 30.0 Å². The zero-order chi connectivity index (χ0) is 24.9. The summed E-state index contributed by atoms with van der Waals surface area (Å²) in [6, 6.07) is 6.33. The molecule has 3 amide bonds. The predicted molar refractivity (Wildman–Crippen MR) is 140 cm³/mol. The van der Waals surface area contributed by atoms with Crippen molar-refractivity contribution < 1.29 is 19.1 Å². The Morgan fingerprint density at radius 3 is 2.51 bits per heavy atom. The fourth-order valence-corrected chi connectivity index (χ4v) is 7.01. The standard InChI is InChI=1S/C26H36ClN3O4S/c1-16(2)34-26(33)29-24(32)21-12-14-35-25(21)28-23(31)20-11-13-30(18-7-5-3-4-6-8-18)22-15-17(27)9-10-19(20)22/h9-10,15-16,18,20-21,25H,3-8,11-14H2,1-2H3,(H,28,31)(H,29,32,33). The quantitative estimate of drug-likeness (QED) is 0.517. The normalized spacial score (nSPS) is 25.0. The molecule has 3 aliphatic rings. The minimum absolute atomic E-state index is 0.0731. The number of benzene rings is 1. The number of imide groups is 1. The number of nitrogens with one attached hydrogen (secondary N) is 2. The monoisotopic (exact) mass is 521 g/mol. The van der Waals surface area contributed by atoms with Gasteiger partial charge in [0.05, 0.1) is 23.3 Å². The van der Waals surface area contributed by atoms with E-state index in [0.29, 0.717) is 17.5 Å². The van der Waals surface area contributed by atoms with E-state index in [-0.39, 0.29) is 23.3 Å². The molecular weight excluding hydrogens is 486 g/mol. The molecule has 1 saturated heterocycles. The highest BCUT2D eigenvalue weighted by Gasteiger charge is 2.39. The van der Waals surface area contributed by atoms with Gasteiger partial charge in [-0.1, -0.05) is 43.4 Å². The summed E-state index contributed by atoms with van der Waals surface area (Å²) in [5.74, 6) is -0.494. The van der Waals surface area contributed by atoms with Crippen LogP contribution in [0.2, 0.25) is 5.02 Å². The number of carbonyl (C=O) groups excluding carboxylic acids is 3. The first-order valence-electron chi connectivity index (χ1n) is 12.8. The van der Waals surface area contributed by atoms with E-state index in [4.69, 9.17) is 16.3 Å². The van der Waals surface area contributed by atoms with Gasteiger partial charge >= 0.3 is 6.09 Å². The largest absolute Gasteiger partial charge is 0.447 e. The van der Waals surface area contributed by atoms with Gasteiger partial charge in [0.15, 0.2) is 0 Å². The van der Waals surface area contributed by atoms with Crippen molar-refractivity contribution in [1.82, 2.24) is 10.6 Å². The van der Waals surface area contributed by atoms with Crippen molar-refractivity contribution in [3.05, 3.63) is 28.8 Å². The lowest BCUT2D eigenvalue weighted by atomic mass is 9.87. The highest BCUT2D eigenvalue weighted by molar-refractivity contribution is 8.00. The number of amides is 3. The highest BCUT2D eigenvalue weighted by atomic mass is 35.5. The summed E-state index contributed by atoms with van der Waals surface area (Å²) >= 11 is 7.94. The summed E-state index contributed by atoms with van der Waals surface area (Å²) in [5, 5.41) is 5.74. The predicted octanol–water partition coefficient (Wildman–Crippen LogP) is 5.21. The number of hydrogen-bond donors (Lipinski definition) is 2. The van der Waals surface area contributed by atoms with Crippen molar-refractivity contribution in [3.63, 3.8) is 0 Å². The van der Waals surface area contributed by atoms with Gasteiger partial charge in [0.2, 0.25) is 11.8 Å². The third kappa shape index (κ3) is 6.45. The topological polar surface area (TPSA) is 87.7 Å². The molecule has 192 valence electrons. The summed E-state index contributed by atoms with van der Waals surface area (Å²) in [6.45, 7) is 4.27. The number of anilines is 1. The van der Waals surface area contributed by atoms with Crippen LogP contribution in [-0.2, 0) is 14.3 Å². The van der Waals surface area contributed by atoms with Crippen LogP contribution in [0.15, 0.2) is 18.2 Å². The number of alkyl carbamates (subject to hydrolysis) is 1. The Morgan fingerprint density at radius 1 is 1.06 bits per heavy atom. The first-order valence-corrected chi connectivity index (χ1v) is 14.3. The van der Waals surface area contributed by atoms with Gasteiger partial charge in [-0.25, -0.2) is 4.79 Å². The second kappa shape index (κ2) is 11.9. The molecule has 2 N–H and O–H groups in total. The van der Waals surface area contributed by atoms with E-state index in [9.17, 15) is 14.4 Å². The number of rotatable bonds is 5. The molecule has 3 atom stereocenters. The molecule has 1 aromatic carbocycles. The molecule has 4 rings (SSSR count). The average molecular weight is 522 g/mol. The zero-order valence-corrected chi connectivity index (χ0v) is 22.1. The Labute approximate surface area is 217 Å². The molecule has 1 aromatic rings. The lowest BCUT2D eigenvalue weighted by molar-refractivity contribution is -0.126. The van der Waals surface area contributed by atoms with Crippen LogP contribution < -0.4 is 15.5 Å². The van der Waals surface area contributed by atoms with Crippen LogP contribution in [0.5, 0.6) is 0 Å². The highest BCUT2D eigenvalue weighted by Crippen LogP contribution is 2.41. The van der Waals surface area contributed by atoms with Gasteiger partial charge in [-0.05, 0) is 63.0 Å². The third-order valence-electron chi connectivity index (χ3n) is 7.20. The third-order valence-corrected chi connectivity index (χ3v) is 8.71. The maximum Gasteiger partial charge on any atom is 0.414 e. The molecule has 7 nitrogen and oxygen atoms in total. The molecule has 0 spiro atoms. The van der Waals surface area contributed by atoms with Gasteiger partial charge in [-0.3, -0.25) is 14.9 Å². The van der Waals surface area contributed by atoms with Crippen molar-refractivity contribution >= 4 is 47.0 Å². The number of hydrogen-bond acceptors (Lipinski definition) is 6. The van der Waals surface area contributed by atoms with Crippen molar-refractivity contribution in [2.75, 3.05) is 17.2 Å². The maximum atomic E-state index is 13.5. The van der Waals surface area contributed by atoms with Crippen molar-refractivity contribution in [2.24, 2.45) is 5.92 Å². The summed E-state index contributed by atoms with van der Waals surface area (Å²) in [7, 11) is 0. The second-order valence-electron chi connectivity index (χ2n) is 10.0. The molecule has 0 radical (unpaired) electrons. The van der Waals surface area contributed by atoms with Crippen LogP contribution >= 0.6 is 23.4 Å². The summed E-state index contributed by atoms with van der Waals surface area (Å²) in [4.78, 5) is 40.5. The average Bonchev–Trinajstić information content (AvgIpc) is 3.09. The van der Waals surface area contributed by atoms with Crippen LogP contribution in [-0.4, -0.2) is 47.7 Å². The lowest BCUT2D eigenvalue weighted by Gasteiger charge is -2.40. The minimum atomic E-state index is -0.747. The first-order chi connectivity index (χ1) is 16.8. The molecule has 9 heteroatoms. The maximum absolute atomic E-state index is 13.5. The second-order valence-corrected chi connectivity index (χ2v) is 11.7. The lowest BCUT2D eigenvalue weighted by Crippen LogP contribution is -2.47. The number of fused-ring (bicyclic) bond motifs is 1. The Hall–Kier alpha value is -1.93. The summed E-state index contributed by atoms with van der Waals surface area (Å²) in [6.07, 6.45) is 7.70. The molecule has 0 aromatic heterocycles. The van der Waals surface area contributed by atoms with Crippen LogP contribution in [0.4, 0.5) is 10.5 Å². The Kier molecular flexibility index (Phi) is 8.87. The van der Waals surface area contributed by atoms with Gasteiger partial charge in [0, 0.05) is 23.3 Å². The van der Waals surface area contributed by atoms with E-state index >= 15 is 0 Å². The van der Waals surface area contributed by atoms with E-state index in [1.807, 2.05) is 18.2 Å². The number of ether oxygens (including phenoxy) is 1. The van der Waals surface area contributed by atoms with Crippen LogP contribution in [0.3, 0.4) is 0 Å². The minimum Gasteiger partial charge on any atom is -0.447 e. The first kappa shape index (κ1) is 26.1. The van der Waals surface area contributed by atoms with E-state index in [1.54, 1.807) is 25.6 Å². The van der Waals surface area contributed by atoms with Gasteiger partial charge in [0.25, 0.3) is 0 Å². The van der Waals surface area contributed by atoms with Gasteiger partial charge < -0.3 is 15.0 Å². The van der Waals surface area contributed by atoms with E-state index in [2.05, 4.69) is 15.5 Å². The van der Waals surface area contributed by atoms with E-state index < -0.39 is 17.9 Å². The number of carbonyl (C=O) groups is 3. The van der Waals surface area contributed by atoms with Gasteiger partial charge in [0.1, 0.15) is 0 Å². The van der Waals surface area contributed by atoms with Gasteiger partial charge in [-0.2, -0.15) is 0 Å². The van der Waals surface area contributed by atoms with Gasteiger partial charge in [-0.15, -0.1) is 11.8 Å². The Bertz CT molecular complexity index is 935. The molecule has 2 fully saturated rings. The molecule has 1 aliphatic carbocycles. The van der Waals surface area contributed by atoms with Crippen molar-refractivity contribution in [3.8, 4) is 0 Å². The summed E-state index contributed by atoms with van der Waals surface area (Å²) < 4.78 is 5.03. The van der Waals surface area contributed by atoms with Crippen molar-refractivity contribution in [2.45, 2.75) is 88.7 Å². The Morgan fingerprint density at radius 2 is 1.80 bits per heavy atom. The smallest absolute Gasteiger partial charge is 0.414 e. The fourth-order valence-electron chi connectivity index (χ4n) is 5.50. The van der Waals surface area contributed by atoms with E-state index in [1.165, 1.54) is 38.5 Å². The molecular formula is C26H36ClN3O4S. The Balaban J connectivity index is 1.45. The summed E-state index contributed by atoms with van der Waals surface area (Å²) in [5.41, 5.74) is 2.08. The van der Waals surface area contributed by atoms with Crippen LogP contribution in [0.25, 0.3) is 0 Å². The molecule has 35 heavy (non-hydrogen) atoms. The molecule has 0 bridgehead atoms. The van der Waals surface area contributed by atoms with Crippen molar-refractivity contribution in [1.29, 1.82) is 0 Å².